The lowest BCUT2D eigenvalue weighted by Crippen LogP contribution is -2.39. The zero-order chi connectivity index (χ0) is 22.4. The third-order valence-electron chi connectivity index (χ3n) is 4.44. The summed E-state index contributed by atoms with van der Waals surface area (Å²) in [5.74, 6) is 0.750. The van der Waals surface area contributed by atoms with E-state index in [2.05, 4.69) is 10.4 Å². The van der Waals surface area contributed by atoms with Crippen LogP contribution in [0, 0.1) is 0 Å². The largest absolute Gasteiger partial charge is 0.497 e. The molecule has 1 atom stereocenters. The first-order valence-corrected chi connectivity index (χ1v) is 10.2. The van der Waals surface area contributed by atoms with Crippen LogP contribution in [0.2, 0.25) is 10.0 Å². The molecule has 0 saturated carbocycles. The van der Waals surface area contributed by atoms with Gasteiger partial charge in [-0.2, -0.15) is 5.10 Å². The molecule has 2 aromatic carbocycles. The van der Waals surface area contributed by atoms with Gasteiger partial charge in [0.25, 0.3) is 11.5 Å². The van der Waals surface area contributed by atoms with Crippen molar-refractivity contribution in [3.05, 3.63) is 75.0 Å². The molecule has 0 saturated heterocycles. The smallest absolute Gasteiger partial charge is 0.266 e. The molecule has 31 heavy (non-hydrogen) atoms. The number of carbonyl (C=O) groups excluding carboxylic acids is 1. The van der Waals surface area contributed by atoms with Crippen LogP contribution < -0.4 is 20.3 Å². The molecule has 162 valence electrons. The number of ether oxygens (including phenoxy) is 2. The van der Waals surface area contributed by atoms with Crippen molar-refractivity contribution < 1.29 is 14.3 Å². The predicted molar refractivity (Wildman–Crippen MR) is 120 cm³/mol. The Labute approximate surface area is 189 Å². The first kappa shape index (κ1) is 22.7. The van der Waals surface area contributed by atoms with E-state index in [-0.39, 0.29) is 24.6 Å². The van der Waals surface area contributed by atoms with E-state index in [0.29, 0.717) is 21.5 Å². The Bertz CT molecular complexity index is 1120. The maximum Gasteiger partial charge on any atom is 0.266 e. The topological polar surface area (TPSA) is 82.5 Å². The number of rotatable bonds is 8. The fraction of sp³-hybridized carbons (Fsp3) is 0.227. The van der Waals surface area contributed by atoms with E-state index in [1.165, 1.54) is 16.8 Å². The average Bonchev–Trinajstić information content (AvgIpc) is 2.77. The van der Waals surface area contributed by atoms with Gasteiger partial charge in [0.15, 0.2) is 6.10 Å². The molecule has 1 unspecified atom stereocenters. The van der Waals surface area contributed by atoms with Gasteiger partial charge in [-0.25, -0.2) is 4.68 Å². The van der Waals surface area contributed by atoms with Gasteiger partial charge in [0.05, 0.1) is 24.4 Å². The van der Waals surface area contributed by atoms with Gasteiger partial charge in [-0.15, -0.1) is 0 Å². The molecular weight excluding hydrogens is 441 g/mol. The SMILES string of the molecule is COc1ccc(-c2ccc(=O)n(CCNC(=O)C(C)Oc3ccc(Cl)cc3Cl)n2)cc1. The maximum absolute atomic E-state index is 12.3. The minimum atomic E-state index is -0.783. The Morgan fingerprint density at radius 1 is 1.13 bits per heavy atom. The molecule has 0 spiro atoms. The van der Waals surface area contributed by atoms with Gasteiger partial charge in [-0.1, -0.05) is 23.2 Å². The van der Waals surface area contributed by atoms with E-state index in [9.17, 15) is 9.59 Å². The van der Waals surface area contributed by atoms with Crippen molar-refractivity contribution in [1.29, 1.82) is 0 Å². The molecule has 0 aliphatic rings. The van der Waals surface area contributed by atoms with Crippen LogP contribution in [0.5, 0.6) is 11.5 Å². The summed E-state index contributed by atoms with van der Waals surface area (Å²) in [4.78, 5) is 24.5. The number of aromatic nitrogens is 2. The highest BCUT2D eigenvalue weighted by atomic mass is 35.5. The van der Waals surface area contributed by atoms with Gasteiger partial charge >= 0.3 is 0 Å². The number of carbonyl (C=O) groups is 1. The summed E-state index contributed by atoms with van der Waals surface area (Å²) < 4.78 is 12.0. The Kier molecular flexibility index (Phi) is 7.55. The molecule has 0 aliphatic carbocycles. The molecule has 3 aromatic rings. The predicted octanol–water partition coefficient (Wildman–Crippen LogP) is 3.81. The van der Waals surface area contributed by atoms with Gasteiger partial charge < -0.3 is 14.8 Å². The Hall–Kier alpha value is -3.03. The van der Waals surface area contributed by atoms with Crippen LogP contribution in [0.1, 0.15) is 6.92 Å². The highest BCUT2D eigenvalue weighted by Crippen LogP contribution is 2.28. The molecule has 7 nitrogen and oxygen atoms in total. The van der Waals surface area contributed by atoms with E-state index in [0.717, 1.165) is 11.3 Å². The van der Waals surface area contributed by atoms with E-state index in [1.54, 1.807) is 32.2 Å². The van der Waals surface area contributed by atoms with Crippen LogP contribution in [-0.4, -0.2) is 35.4 Å². The number of methoxy groups -OCH3 is 1. The number of hydrogen-bond donors (Lipinski definition) is 1. The third kappa shape index (κ3) is 5.99. The van der Waals surface area contributed by atoms with Crippen molar-refractivity contribution in [2.24, 2.45) is 0 Å². The molecule has 0 fully saturated rings. The summed E-state index contributed by atoms with van der Waals surface area (Å²) in [7, 11) is 1.59. The van der Waals surface area contributed by atoms with Crippen LogP contribution in [0.25, 0.3) is 11.3 Å². The van der Waals surface area contributed by atoms with E-state index in [4.69, 9.17) is 32.7 Å². The fourth-order valence-electron chi connectivity index (χ4n) is 2.77. The third-order valence-corrected chi connectivity index (χ3v) is 4.97. The average molecular weight is 462 g/mol. The second-order valence-electron chi connectivity index (χ2n) is 6.63. The molecule has 1 N–H and O–H groups in total. The molecule has 0 radical (unpaired) electrons. The highest BCUT2D eigenvalue weighted by Gasteiger charge is 2.16. The van der Waals surface area contributed by atoms with E-state index >= 15 is 0 Å². The highest BCUT2D eigenvalue weighted by molar-refractivity contribution is 6.35. The monoisotopic (exact) mass is 461 g/mol. The van der Waals surface area contributed by atoms with Crippen molar-refractivity contribution in [3.8, 4) is 22.8 Å². The summed E-state index contributed by atoms with van der Waals surface area (Å²) in [6.07, 6.45) is -0.783. The lowest BCUT2D eigenvalue weighted by atomic mass is 10.1. The minimum Gasteiger partial charge on any atom is -0.497 e. The molecule has 0 aliphatic heterocycles. The summed E-state index contributed by atoms with van der Waals surface area (Å²) in [6, 6.07) is 15.2. The van der Waals surface area contributed by atoms with Crippen LogP contribution in [0.15, 0.2) is 59.4 Å². The van der Waals surface area contributed by atoms with Crippen LogP contribution in [-0.2, 0) is 11.3 Å². The lowest BCUT2D eigenvalue weighted by molar-refractivity contribution is -0.127. The standard InChI is InChI=1S/C22H21Cl2N3O4/c1-14(31-20-9-5-16(23)13-18(20)24)22(29)25-11-12-27-21(28)10-8-19(26-27)15-3-6-17(30-2)7-4-15/h3-10,13-14H,11-12H2,1-2H3,(H,25,29). The Morgan fingerprint density at radius 3 is 2.55 bits per heavy atom. The van der Waals surface area contributed by atoms with Crippen molar-refractivity contribution in [2.75, 3.05) is 13.7 Å². The van der Waals surface area contributed by atoms with E-state index in [1.807, 2.05) is 24.3 Å². The molecule has 1 heterocycles. The van der Waals surface area contributed by atoms with Gasteiger partial charge in [-0.3, -0.25) is 9.59 Å². The Balaban J connectivity index is 1.59. The number of amides is 1. The number of nitrogens with one attached hydrogen (secondary N) is 1. The molecule has 1 aromatic heterocycles. The second kappa shape index (κ2) is 10.3. The normalized spacial score (nSPS) is 11.6. The second-order valence-corrected chi connectivity index (χ2v) is 7.48. The number of halogens is 2. The first-order chi connectivity index (χ1) is 14.9. The number of benzene rings is 2. The van der Waals surface area contributed by atoms with Crippen LogP contribution in [0.3, 0.4) is 0 Å². The first-order valence-electron chi connectivity index (χ1n) is 9.49. The van der Waals surface area contributed by atoms with Crippen molar-refractivity contribution in [2.45, 2.75) is 19.6 Å². The zero-order valence-corrected chi connectivity index (χ0v) is 18.5. The quantitative estimate of drug-likeness (QED) is 0.551. The number of nitrogens with zero attached hydrogens (tertiary/aromatic N) is 2. The fourth-order valence-corrected chi connectivity index (χ4v) is 3.22. The van der Waals surface area contributed by atoms with Gasteiger partial charge in [0, 0.05) is 23.2 Å². The summed E-state index contributed by atoms with van der Waals surface area (Å²) in [5.41, 5.74) is 1.23. The zero-order valence-electron chi connectivity index (χ0n) is 17.0. The summed E-state index contributed by atoms with van der Waals surface area (Å²) >= 11 is 11.9. The lowest BCUT2D eigenvalue weighted by Gasteiger charge is -2.16. The molecule has 3 rings (SSSR count). The maximum atomic E-state index is 12.3. The van der Waals surface area contributed by atoms with Crippen LogP contribution in [0.4, 0.5) is 0 Å². The Morgan fingerprint density at radius 2 is 1.87 bits per heavy atom. The summed E-state index contributed by atoms with van der Waals surface area (Å²) in [5, 5.41) is 7.91. The van der Waals surface area contributed by atoms with Gasteiger partial charge in [0.2, 0.25) is 0 Å². The van der Waals surface area contributed by atoms with Crippen molar-refractivity contribution >= 4 is 29.1 Å². The summed E-state index contributed by atoms with van der Waals surface area (Å²) in [6.45, 7) is 2.03. The minimum absolute atomic E-state index is 0.208. The van der Waals surface area contributed by atoms with Crippen LogP contribution >= 0.6 is 23.2 Å². The molecule has 1 amide bonds. The number of hydrogen-bond acceptors (Lipinski definition) is 5. The van der Waals surface area contributed by atoms with Crippen molar-refractivity contribution in [3.63, 3.8) is 0 Å². The van der Waals surface area contributed by atoms with Crippen molar-refractivity contribution in [1.82, 2.24) is 15.1 Å². The molecule has 0 bridgehead atoms. The molecule has 9 heteroatoms. The molecular formula is C22H21Cl2N3O4. The van der Waals surface area contributed by atoms with Gasteiger partial charge in [-0.05, 0) is 55.5 Å². The van der Waals surface area contributed by atoms with E-state index < -0.39 is 6.10 Å². The van der Waals surface area contributed by atoms with Gasteiger partial charge in [0.1, 0.15) is 11.5 Å².